The van der Waals surface area contributed by atoms with Gasteiger partial charge in [0.05, 0.1) is 25.3 Å². The summed E-state index contributed by atoms with van der Waals surface area (Å²) in [6.07, 6.45) is 0. The Balaban J connectivity index is 2.15. The van der Waals surface area contributed by atoms with Crippen molar-refractivity contribution in [1.82, 2.24) is 0 Å². The van der Waals surface area contributed by atoms with Gasteiger partial charge in [0.1, 0.15) is 11.3 Å². The average molecular weight is 397 g/mol. The van der Waals surface area contributed by atoms with Crippen molar-refractivity contribution in [2.45, 2.75) is 20.8 Å². The van der Waals surface area contributed by atoms with E-state index in [4.69, 9.17) is 13.9 Å². The van der Waals surface area contributed by atoms with Gasteiger partial charge in [-0.2, -0.15) is 0 Å². The summed E-state index contributed by atoms with van der Waals surface area (Å²) in [6, 6.07) is 9.45. The van der Waals surface area contributed by atoms with Gasteiger partial charge in [0.15, 0.2) is 16.9 Å². The van der Waals surface area contributed by atoms with Crippen molar-refractivity contribution < 1.29 is 23.8 Å². The van der Waals surface area contributed by atoms with E-state index in [0.29, 0.717) is 16.8 Å². The third kappa shape index (κ3) is 3.89. The van der Waals surface area contributed by atoms with E-state index in [0.717, 1.165) is 0 Å². The van der Waals surface area contributed by atoms with Crippen LogP contribution in [0, 0.1) is 5.41 Å². The predicted octanol–water partition coefficient (Wildman–Crippen LogP) is 4.17. The molecule has 2 aromatic carbocycles. The van der Waals surface area contributed by atoms with Crippen molar-refractivity contribution >= 4 is 22.6 Å². The fourth-order valence-electron chi connectivity index (χ4n) is 2.80. The standard InChI is InChI=1S/C22H23NO6/c1-22(2,3)21(26)23-13-7-6-8-15-19(13)14(24)11-16(29-15)12-9-17(27-4)20(25)18(10-12)28-5/h6-11,25H,1-5H3,(H,23,26). The molecule has 0 aliphatic rings. The van der Waals surface area contributed by atoms with E-state index in [1.54, 1.807) is 51.1 Å². The number of anilines is 1. The van der Waals surface area contributed by atoms with Crippen molar-refractivity contribution in [1.29, 1.82) is 0 Å². The molecule has 0 saturated heterocycles. The normalized spacial score (nSPS) is 11.3. The maximum absolute atomic E-state index is 12.9. The van der Waals surface area contributed by atoms with Gasteiger partial charge in [0.2, 0.25) is 11.7 Å². The summed E-state index contributed by atoms with van der Waals surface area (Å²) in [5.74, 6) is 0.301. The quantitative estimate of drug-likeness (QED) is 0.686. The van der Waals surface area contributed by atoms with Gasteiger partial charge < -0.3 is 24.3 Å². The Hall–Kier alpha value is -3.48. The molecule has 152 valence electrons. The Kier molecular flexibility index (Phi) is 5.24. The molecule has 29 heavy (non-hydrogen) atoms. The monoisotopic (exact) mass is 397 g/mol. The lowest BCUT2D eigenvalue weighted by Gasteiger charge is -2.18. The Morgan fingerprint density at radius 3 is 2.24 bits per heavy atom. The van der Waals surface area contributed by atoms with E-state index in [-0.39, 0.29) is 39.7 Å². The van der Waals surface area contributed by atoms with E-state index in [2.05, 4.69) is 5.32 Å². The third-order valence-corrected chi connectivity index (χ3v) is 4.45. The molecule has 0 aliphatic carbocycles. The Morgan fingerprint density at radius 2 is 1.69 bits per heavy atom. The number of carbonyl (C=O) groups excluding carboxylic acids is 1. The van der Waals surface area contributed by atoms with Crippen LogP contribution in [0.2, 0.25) is 0 Å². The largest absolute Gasteiger partial charge is 0.502 e. The van der Waals surface area contributed by atoms with Crippen molar-refractivity contribution in [3.63, 3.8) is 0 Å². The second kappa shape index (κ2) is 7.50. The topological polar surface area (TPSA) is 98.0 Å². The zero-order valence-electron chi connectivity index (χ0n) is 17.0. The smallest absolute Gasteiger partial charge is 0.229 e. The molecule has 0 atom stereocenters. The van der Waals surface area contributed by atoms with E-state index < -0.39 is 5.41 Å². The minimum absolute atomic E-state index is 0.144. The van der Waals surface area contributed by atoms with Gasteiger partial charge in [0.25, 0.3) is 0 Å². The highest BCUT2D eigenvalue weighted by Crippen LogP contribution is 2.40. The first-order valence-electron chi connectivity index (χ1n) is 8.99. The molecule has 1 heterocycles. The summed E-state index contributed by atoms with van der Waals surface area (Å²) in [4.78, 5) is 25.2. The number of phenols is 1. The summed E-state index contributed by atoms with van der Waals surface area (Å²) in [6.45, 7) is 5.37. The number of fused-ring (bicyclic) bond motifs is 1. The maximum atomic E-state index is 12.9. The number of methoxy groups -OCH3 is 2. The lowest BCUT2D eigenvalue weighted by Crippen LogP contribution is -2.28. The second-order valence-corrected chi connectivity index (χ2v) is 7.59. The number of benzene rings is 2. The van der Waals surface area contributed by atoms with Crippen LogP contribution in [0.1, 0.15) is 20.8 Å². The predicted molar refractivity (Wildman–Crippen MR) is 111 cm³/mol. The highest BCUT2D eigenvalue weighted by Gasteiger charge is 2.23. The molecule has 0 fully saturated rings. The molecule has 7 nitrogen and oxygen atoms in total. The minimum atomic E-state index is -0.610. The van der Waals surface area contributed by atoms with Gasteiger partial charge in [-0.3, -0.25) is 9.59 Å². The van der Waals surface area contributed by atoms with Crippen molar-refractivity contribution in [2.75, 3.05) is 19.5 Å². The molecule has 0 unspecified atom stereocenters. The molecular formula is C22H23NO6. The summed E-state index contributed by atoms with van der Waals surface area (Å²) in [7, 11) is 2.83. The average Bonchev–Trinajstić information content (AvgIpc) is 2.67. The number of phenolic OH excluding ortho intramolecular Hbond substituents is 1. The first-order chi connectivity index (χ1) is 13.7. The number of rotatable bonds is 4. The summed E-state index contributed by atoms with van der Waals surface area (Å²) < 4.78 is 16.3. The number of hydrogen-bond donors (Lipinski definition) is 2. The van der Waals surface area contributed by atoms with Gasteiger partial charge in [-0.25, -0.2) is 0 Å². The zero-order chi connectivity index (χ0) is 21.3. The molecule has 3 aromatic rings. The van der Waals surface area contributed by atoms with E-state index in [1.165, 1.54) is 20.3 Å². The molecule has 1 amide bonds. The van der Waals surface area contributed by atoms with Crippen LogP contribution < -0.4 is 20.2 Å². The van der Waals surface area contributed by atoms with E-state index in [9.17, 15) is 14.7 Å². The Bertz CT molecular complexity index is 1120. The molecule has 7 heteroatoms. The third-order valence-electron chi connectivity index (χ3n) is 4.45. The molecule has 3 rings (SSSR count). The van der Waals surface area contributed by atoms with Crippen molar-refractivity contribution in [3.05, 3.63) is 46.6 Å². The number of ether oxygens (including phenoxy) is 2. The van der Waals surface area contributed by atoms with Crippen molar-refractivity contribution in [2.24, 2.45) is 5.41 Å². The molecule has 0 radical (unpaired) electrons. The number of aromatic hydroxyl groups is 1. The summed E-state index contributed by atoms with van der Waals surface area (Å²) in [5, 5.41) is 13.2. The Labute approximate surface area is 167 Å². The number of amides is 1. The minimum Gasteiger partial charge on any atom is -0.502 e. The SMILES string of the molecule is COc1cc(-c2cc(=O)c3c(NC(=O)C(C)(C)C)cccc3o2)cc(OC)c1O. The van der Waals surface area contributed by atoms with Crippen LogP contribution in [0.25, 0.3) is 22.3 Å². The maximum Gasteiger partial charge on any atom is 0.229 e. The van der Waals surface area contributed by atoms with Crippen LogP contribution in [0.4, 0.5) is 5.69 Å². The number of carbonyl (C=O) groups is 1. The van der Waals surface area contributed by atoms with Crippen molar-refractivity contribution in [3.8, 4) is 28.6 Å². The van der Waals surface area contributed by atoms with Crippen LogP contribution in [-0.4, -0.2) is 25.2 Å². The Morgan fingerprint density at radius 1 is 1.07 bits per heavy atom. The second-order valence-electron chi connectivity index (χ2n) is 7.59. The fourth-order valence-corrected chi connectivity index (χ4v) is 2.80. The molecule has 1 aromatic heterocycles. The van der Waals surface area contributed by atoms with Gasteiger partial charge >= 0.3 is 0 Å². The molecular weight excluding hydrogens is 374 g/mol. The molecule has 0 saturated carbocycles. The van der Waals surface area contributed by atoms with Crippen LogP contribution in [-0.2, 0) is 4.79 Å². The lowest BCUT2D eigenvalue weighted by atomic mass is 9.95. The highest BCUT2D eigenvalue weighted by atomic mass is 16.5. The molecule has 0 aliphatic heterocycles. The highest BCUT2D eigenvalue weighted by molar-refractivity contribution is 6.02. The van der Waals surface area contributed by atoms with E-state index in [1.807, 2.05) is 0 Å². The van der Waals surface area contributed by atoms with Gasteiger partial charge in [-0.1, -0.05) is 26.8 Å². The molecule has 0 spiro atoms. The molecule has 2 N–H and O–H groups in total. The number of nitrogens with one attached hydrogen (secondary N) is 1. The van der Waals surface area contributed by atoms with Crippen LogP contribution >= 0.6 is 0 Å². The zero-order valence-corrected chi connectivity index (χ0v) is 17.0. The summed E-state index contributed by atoms with van der Waals surface area (Å²) in [5.41, 5.74) is 0.298. The van der Waals surface area contributed by atoms with Crippen LogP contribution in [0.15, 0.2) is 45.6 Å². The lowest BCUT2D eigenvalue weighted by molar-refractivity contribution is -0.123. The first-order valence-corrected chi connectivity index (χ1v) is 8.99. The van der Waals surface area contributed by atoms with Crippen LogP contribution in [0.5, 0.6) is 17.2 Å². The van der Waals surface area contributed by atoms with Gasteiger partial charge in [0, 0.05) is 17.0 Å². The molecule has 0 bridgehead atoms. The van der Waals surface area contributed by atoms with Gasteiger partial charge in [-0.05, 0) is 24.3 Å². The van der Waals surface area contributed by atoms with Gasteiger partial charge in [-0.15, -0.1) is 0 Å². The summed E-state index contributed by atoms with van der Waals surface area (Å²) >= 11 is 0. The fraction of sp³-hybridized carbons (Fsp3) is 0.273. The van der Waals surface area contributed by atoms with Crippen LogP contribution in [0.3, 0.4) is 0 Å². The van der Waals surface area contributed by atoms with E-state index >= 15 is 0 Å². The first kappa shape index (κ1) is 20.3. The number of hydrogen-bond acceptors (Lipinski definition) is 6.